The van der Waals surface area contributed by atoms with Crippen LogP contribution >= 0.6 is 0 Å². The minimum atomic E-state index is -3.52. The number of Topliss-reactive ketones (excluding diaryl/α,β-unsaturated/α-hetero) is 4. The van der Waals surface area contributed by atoms with Gasteiger partial charge in [0.25, 0.3) is 0 Å². The van der Waals surface area contributed by atoms with Crippen LogP contribution in [-0.2, 0) is 35.8 Å². The molecule has 0 bridgehead atoms. The minimum absolute atomic E-state index is 0.0283. The van der Waals surface area contributed by atoms with Gasteiger partial charge in [-0.2, -0.15) is 0 Å². The molecular weight excluding hydrogens is 304 g/mol. The van der Waals surface area contributed by atoms with Gasteiger partial charge in [-0.05, 0) is 0 Å². The van der Waals surface area contributed by atoms with Crippen LogP contribution in [0.25, 0.3) is 0 Å². The van der Waals surface area contributed by atoms with Crippen LogP contribution in [-0.4, -0.2) is 23.1 Å². The molecule has 0 aromatic heterocycles. The fourth-order valence-electron chi connectivity index (χ4n) is 4.15. The van der Waals surface area contributed by atoms with E-state index in [1.54, 1.807) is 0 Å². The van der Waals surface area contributed by atoms with Crippen molar-refractivity contribution in [3.05, 3.63) is 0 Å². The SMILES string of the molecule is CC(=O)[CH](C(C)=O)[Ti]([CH](C)C)([CH](C)C)[CH](C(C)=O)C(C)=O. The Kier molecular flexibility index (Phi) is 7.38. The van der Waals surface area contributed by atoms with Crippen LogP contribution in [0.4, 0.5) is 0 Å². The molecule has 0 rings (SSSR count). The van der Waals surface area contributed by atoms with Crippen LogP contribution in [0.5, 0.6) is 0 Å². The van der Waals surface area contributed by atoms with Crippen molar-refractivity contribution in [1.82, 2.24) is 0 Å². The van der Waals surface area contributed by atoms with Crippen LogP contribution in [0.3, 0.4) is 0 Å². The topological polar surface area (TPSA) is 68.3 Å². The van der Waals surface area contributed by atoms with Gasteiger partial charge in [-0.25, -0.2) is 0 Å². The standard InChI is InChI=1S/2C5H7O2.2C3H7.Ti/c2*1-4(6)3-5(2)7;2*1-3-2;/h2*3H,1-2H3;2*3H,1-2H3;. The fraction of sp³-hybridized carbons (Fsp3) is 0.750. The van der Waals surface area contributed by atoms with Crippen molar-refractivity contribution in [2.45, 2.75) is 72.3 Å². The average molecular weight is 332 g/mol. The van der Waals surface area contributed by atoms with E-state index in [0.29, 0.717) is 0 Å². The second kappa shape index (κ2) is 7.59. The van der Waals surface area contributed by atoms with Gasteiger partial charge in [-0.1, -0.05) is 0 Å². The molecule has 4 nitrogen and oxygen atoms in total. The van der Waals surface area contributed by atoms with E-state index in [0.717, 1.165) is 0 Å². The number of carbonyl (C=O) groups is 4. The number of carbonyl (C=O) groups excluding carboxylic acids is 4. The van der Waals surface area contributed by atoms with E-state index in [9.17, 15) is 19.2 Å². The zero-order valence-corrected chi connectivity index (χ0v) is 16.0. The molecule has 120 valence electrons. The zero-order chi connectivity index (χ0) is 17.1. The summed E-state index contributed by atoms with van der Waals surface area (Å²) in [6, 6.07) is 0. The van der Waals surface area contributed by atoms with E-state index in [4.69, 9.17) is 0 Å². The van der Waals surface area contributed by atoms with Crippen LogP contribution in [0.2, 0.25) is 16.9 Å². The molecule has 0 spiro atoms. The monoisotopic (exact) mass is 332 g/mol. The molecular formula is C16H28O4Ti. The molecule has 0 aliphatic rings. The van der Waals surface area contributed by atoms with E-state index in [-0.39, 0.29) is 31.6 Å². The van der Waals surface area contributed by atoms with Gasteiger partial charge in [0.15, 0.2) is 0 Å². The zero-order valence-electron chi connectivity index (χ0n) is 14.4. The number of hydrogen-bond donors (Lipinski definition) is 0. The number of rotatable bonds is 8. The first kappa shape index (κ1) is 20.4. The van der Waals surface area contributed by atoms with Gasteiger partial charge in [0.2, 0.25) is 0 Å². The predicted molar refractivity (Wildman–Crippen MR) is 80.4 cm³/mol. The summed E-state index contributed by atoms with van der Waals surface area (Å²) in [7, 11) is 0. The Morgan fingerprint density at radius 1 is 0.571 bits per heavy atom. The Morgan fingerprint density at radius 3 is 0.857 bits per heavy atom. The Labute approximate surface area is 131 Å². The summed E-state index contributed by atoms with van der Waals surface area (Å²) in [4.78, 5) is 48.8. The second-order valence-electron chi connectivity index (χ2n) is 6.62. The van der Waals surface area contributed by atoms with E-state index >= 15 is 0 Å². The van der Waals surface area contributed by atoms with Crippen LogP contribution in [0, 0.1) is 0 Å². The third kappa shape index (κ3) is 3.78. The first-order chi connectivity index (χ1) is 9.42. The van der Waals surface area contributed by atoms with Crippen LogP contribution in [0.15, 0.2) is 0 Å². The molecule has 0 saturated carbocycles. The van der Waals surface area contributed by atoms with E-state index in [2.05, 4.69) is 0 Å². The molecule has 0 atom stereocenters. The van der Waals surface area contributed by atoms with E-state index in [1.165, 1.54) is 27.7 Å². The molecule has 5 heteroatoms. The summed E-state index contributed by atoms with van der Waals surface area (Å²) in [5, 5.41) is 0. The van der Waals surface area contributed by atoms with Crippen molar-refractivity contribution in [2.75, 3.05) is 0 Å². The first-order valence-electron chi connectivity index (χ1n) is 7.44. The van der Waals surface area contributed by atoms with Gasteiger partial charge < -0.3 is 0 Å². The molecule has 0 heterocycles. The summed E-state index contributed by atoms with van der Waals surface area (Å²) in [5.41, 5.74) is 0. The van der Waals surface area contributed by atoms with Crippen LogP contribution < -0.4 is 0 Å². The fourth-order valence-corrected chi connectivity index (χ4v) is 15.3. The van der Waals surface area contributed by atoms with Crippen molar-refractivity contribution in [3.63, 3.8) is 0 Å². The molecule has 0 amide bonds. The summed E-state index contributed by atoms with van der Waals surface area (Å²) >= 11 is -3.52. The van der Waals surface area contributed by atoms with Crippen molar-refractivity contribution >= 4 is 23.1 Å². The third-order valence-electron chi connectivity index (χ3n) is 4.63. The number of hydrogen-bond acceptors (Lipinski definition) is 4. The predicted octanol–water partition coefficient (Wildman–Crippen LogP) is 3.73. The summed E-state index contributed by atoms with van der Waals surface area (Å²) in [5.74, 6) is -0.787. The quantitative estimate of drug-likeness (QED) is 0.502. The summed E-state index contributed by atoms with van der Waals surface area (Å²) in [6.45, 7) is 13.5. The first-order valence-corrected chi connectivity index (χ1v) is 11.0. The third-order valence-corrected chi connectivity index (χ3v) is 16.5. The molecule has 0 aliphatic heterocycles. The molecule has 0 radical (unpaired) electrons. The summed E-state index contributed by atoms with van der Waals surface area (Å²) in [6.07, 6.45) is 0. The van der Waals surface area contributed by atoms with E-state index in [1.807, 2.05) is 27.7 Å². The Bertz CT molecular complexity index is 381. The molecule has 0 N–H and O–H groups in total. The Balaban J connectivity index is 6.61. The second-order valence-corrected chi connectivity index (χ2v) is 15.2. The average Bonchev–Trinajstić information content (AvgIpc) is 2.24. The van der Waals surface area contributed by atoms with Gasteiger partial charge in [0.05, 0.1) is 0 Å². The Morgan fingerprint density at radius 2 is 0.762 bits per heavy atom. The Hall–Kier alpha value is -0.606. The van der Waals surface area contributed by atoms with Crippen molar-refractivity contribution in [2.24, 2.45) is 0 Å². The molecule has 0 aromatic rings. The number of ketones is 4. The van der Waals surface area contributed by atoms with Gasteiger partial charge in [-0.3, -0.25) is 0 Å². The van der Waals surface area contributed by atoms with Gasteiger partial charge in [0.1, 0.15) is 0 Å². The maximum absolute atomic E-state index is 12.2. The van der Waals surface area contributed by atoms with Crippen LogP contribution in [0.1, 0.15) is 55.4 Å². The van der Waals surface area contributed by atoms with Gasteiger partial charge in [0, 0.05) is 0 Å². The van der Waals surface area contributed by atoms with Gasteiger partial charge in [-0.15, -0.1) is 0 Å². The molecule has 0 aromatic carbocycles. The maximum atomic E-state index is 12.2. The van der Waals surface area contributed by atoms with Crippen molar-refractivity contribution in [3.8, 4) is 0 Å². The van der Waals surface area contributed by atoms with Gasteiger partial charge >= 0.3 is 131 Å². The van der Waals surface area contributed by atoms with Crippen molar-refractivity contribution < 1.29 is 35.8 Å². The molecule has 0 aliphatic carbocycles. The molecule has 0 unspecified atom stereocenters. The molecule has 21 heavy (non-hydrogen) atoms. The molecule has 0 fully saturated rings. The normalized spacial score (nSPS) is 12.4. The van der Waals surface area contributed by atoms with E-state index < -0.39 is 25.0 Å². The molecule has 0 saturated heterocycles. The summed E-state index contributed by atoms with van der Waals surface area (Å²) < 4.78 is -1.44. The van der Waals surface area contributed by atoms with Crippen molar-refractivity contribution in [1.29, 1.82) is 0 Å².